The zero-order chi connectivity index (χ0) is 31.9. The van der Waals surface area contributed by atoms with Gasteiger partial charge in [-0.1, -0.05) is 13.8 Å². The van der Waals surface area contributed by atoms with Crippen molar-refractivity contribution in [3.05, 3.63) is 52.6 Å². The molecule has 1 aliphatic carbocycles. The van der Waals surface area contributed by atoms with Crippen LogP contribution < -0.4 is 25.3 Å². The van der Waals surface area contributed by atoms with E-state index in [2.05, 4.69) is 15.3 Å². The fraction of sp³-hybridized carbons (Fsp3) is 0.419. The molecule has 3 heterocycles. The summed E-state index contributed by atoms with van der Waals surface area (Å²) < 4.78 is 22.0. The van der Waals surface area contributed by atoms with Crippen LogP contribution in [0.3, 0.4) is 0 Å². The SMILES string of the molecule is COC(=O)c1cc2c([nH]1)C(=O)C=C1N(C(=O)c3cc4cc(OC)c(OCCNC(=O)C(N)C(C)C)c(OC)c4[nH]3)CC[C@@]12C. The van der Waals surface area contributed by atoms with E-state index in [4.69, 9.17) is 24.7 Å². The minimum absolute atomic E-state index is 0.00182. The number of nitrogens with zero attached hydrogens (tertiary/aromatic N) is 1. The van der Waals surface area contributed by atoms with Crippen LogP contribution in [0.15, 0.2) is 30.0 Å². The Balaban J connectivity index is 1.40. The maximum absolute atomic E-state index is 13.9. The van der Waals surface area contributed by atoms with Gasteiger partial charge < -0.3 is 44.9 Å². The number of aromatic nitrogens is 2. The summed E-state index contributed by atoms with van der Waals surface area (Å²) in [5.41, 5.74) is 7.75. The number of ketones is 1. The van der Waals surface area contributed by atoms with E-state index in [9.17, 15) is 19.2 Å². The Labute approximate surface area is 254 Å². The van der Waals surface area contributed by atoms with Crippen LogP contribution in [0, 0.1) is 5.92 Å². The number of carbonyl (C=O) groups is 4. The van der Waals surface area contributed by atoms with Crippen molar-refractivity contribution in [3.63, 3.8) is 0 Å². The maximum atomic E-state index is 13.9. The molecule has 13 heteroatoms. The number of hydrogen-bond acceptors (Lipinski definition) is 9. The van der Waals surface area contributed by atoms with Gasteiger partial charge in [-0.3, -0.25) is 14.4 Å². The normalized spacial score (nSPS) is 18.0. The molecule has 1 unspecified atom stereocenters. The van der Waals surface area contributed by atoms with Gasteiger partial charge in [-0.2, -0.15) is 0 Å². The Morgan fingerprint density at radius 3 is 2.48 bits per heavy atom. The van der Waals surface area contributed by atoms with Gasteiger partial charge in [-0.15, -0.1) is 0 Å². The quantitative estimate of drug-likeness (QED) is 0.199. The number of ether oxygens (including phenoxy) is 4. The number of rotatable bonds is 10. The van der Waals surface area contributed by atoms with Crippen molar-refractivity contribution in [3.8, 4) is 17.2 Å². The number of methoxy groups -OCH3 is 3. The number of H-pyrrole nitrogens is 2. The van der Waals surface area contributed by atoms with Gasteiger partial charge in [0.05, 0.1) is 45.1 Å². The average Bonchev–Trinajstić information content (AvgIpc) is 3.74. The van der Waals surface area contributed by atoms with E-state index in [-0.39, 0.29) is 48.1 Å². The second kappa shape index (κ2) is 11.7. The highest BCUT2D eigenvalue weighted by Gasteiger charge is 2.48. The number of aromatic amines is 2. The van der Waals surface area contributed by atoms with Crippen LogP contribution >= 0.6 is 0 Å². The summed E-state index contributed by atoms with van der Waals surface area (Å²) in [6.45, 7) is 6.39. The standard InChI is InChI=1S/C31H37N5O8/c1-15(2)23(32)28(38)33-8-10-44-26-21(41-4)12-16-11-18(34-24(16)27(26)42-5)29(39)36-9-7-31(3)17-13-19(30(40)43-6)35-25(17)20(37)14-22(31)36/h11-15,23,34-35H,7-10,32H2,1-6H3,(H,33,38)/t23?,31-/m1/s1. The van der Waals surface area contributed by atoms with Crippen molar-refractivity contribution in [1.82, 2.24) is 20.2 Å². The minimum atomic E-state index is -0.663. The van der Waals surface area contributed by atoms with E-state index in [1.807, 2.05) is 20.8 Å². The molecule has 0 bridgehead atoms. The molecule has 2 aromatic heterocycles. The van der Waals surface area contributed by atoms with Crippen LogP contribution in [0.25, 0.3) is 10.9 Å². The molecule has 3 aromatic rings. The number of amides is 2. The van der Waals surface area contributed by atoms with Crippen LogP contribution in [0.2, 0.25) is 0 Å². The van der Waals surface area contributed by atoms with Gasteiger partial charge in [-0.25, -0.2) is 4.79 Å². The summed E-state index contributed by atoms with van der Waals surface area (Å²) in [7, 11) is 4.25. The zero-order valence-corrected chi connectivity index (χ0v) is 25.6. The number of likely N-dealkylation sites (tertiary alicyclic amines) is 1. The predicted octanol–water partition coefficient (Wildman–Crippen LogP) is 2.66. The number of nitrogens with one attached hydrogen (secondary N) is 3. The van der Waals surface area contributed by atoms with Crippen molar-refractivity contribution in [2.75, 3.05) is 41.0 Å². The molecule has 1 fully saturated rings. The molecular weight excluding hydrogens is 570 g/mol. The maximum Gasteiger partial charge on any atom is 0.354 e. The molecule has 1 aliphatic heterocycles. The Kier molecular flexibility index (Phi) is 8.17. The lowest BCUT2D eigenvalue weighted by Gasteiger charge is -2.31. The number of esters is 1. The van der Waals surface area contributed by atoms with Gasteiger partial charge in [0.25, 0.3) is 5.91 Å². The number of allylic oxidation sites excluding steroid dienone is 2. The van der Waals surface area contributed by atoms with Crippen molar-refractivity contribution < 1.29 is 38.1 Å². The second-order valence-corrected chi connectivity index (χ2v) is 11.4. The summed E-state index contributed by atoms with van der Waals surface area (Å²) in [4.78, 5) is 59.0. The van der Waals surface area contributed by atoms with Crippen LogP contribution in [-0.2, 0) is 14.9 Å². The summed E-state index contributed by atoms with van der Waals surface area (Å²) in [5, 5.41) is 3.41. The molecule has 1 aromatic carbocycles. The molecule has 5 N–H and O–H groups in total. The smallest absolute Gasteiger partial charge is 0.354 e. The number of hydrogen-bond donors (Lipinski definition) is 4. The predicted molar refractivity (Wildman–Crippen MR) is 160 cm³/mol. The Morgan fingerprint density at radius 2 is 1.82 bits per heavy atom. The highest BCUT2D eigenvalue weighted by molar-refractivity contribution is 6.09. The van der Waals surface area contributed by atoms with E-state index in [1.165, 1.54) is 27.4 Å². The Bertz CT molecular complexity index is 1690. The van der Waals surface area contributed by atoms with Gasteiger partial charge in [0.2, 0.25) is 17.4 Å². The molecule has 2 aliphatic rings. The lowest BCUT2D eigenvalue weighted by molar-refractivity contribution is -0.123. The van der Waals surface area contributed by atoms with Crippen molar-refractivity contribution >= 4 is 34.5 Å². The van der Waals surface area contributed by atoms with E-state index >= 15 is 0 Å². The van der Waals surface area contributed by atoms with Gasteiger partial charge in [0.15, 0.2) is 11.5 Å². The largest absolute Gasteiger partial charge is 0.493 e. The third-order valence-electron chi connectivity index (χ3n) is 8.38. The van der Waals surface area contributed by atoms with Crippen LogP contribution in [-0.4, -0.2) is 85.5 Å². The number of carbonyl (C=O) groups excluding carboxylic acids is 4. The molecule has 1 saturated heterocycles. The zero-order valence-electron chi connectivity index (χ0n) is 25.6. The molecule has 2 atom stereocenters. The van der Waals surface area contributed by atoms with Crippen LogP contribution in [0.5, 0.6) is 17.2 Å². The molecule has 2 amide bonds. The molecular formula is C31H37N5O8. The third-order valence-corrected chi connectivity index (χ3v) is 8.38. The Morgan fingerprint density at radius 1 is 1.07 bits per heavy atom. The fourth-order valence-corrected chi connectivity index (χ4v) is 5.80. The number of nitrogens with two attached hydrogens (primary N) is 1. The lowest BCUT2D eigenvalue weighted by atomic mass is 9.75. The first-order valence-electron chi connectivity index (χ1n) is 14.3. The number of benzene rings is 1. The second-order valence-electron chi connectivity index (χ2n) is 11.4. The first kappa shape index (κ1) is 30.7. The monoisotopic (exact) mass is 607 g/mol. The summed E-state index contributed by atoms with van der Waals surface area (Å²) >= 11 is 0. The van der Waals surface area contributed by atoms with Crippen molar-refractivity contribution in [2.45, 2.75) is 38.6 Å². The molecule has 0 spiro atoms. The first-order chi connectivity index (χ1) is 20.9. The van der Waals surface area contributed by atoms with E-state index < -0.39 is 17.4 Å². The van der Waals surface area contributed by atoms with Crippen molar-refractivity contribution in [1.29, 1.82) is 0 Å². The van der Waals surface area contributed by atoms with E-state index in [1.54, 1.807) is 23.1 Å². The highest BCUT2D eigenvalue weighted by Crippen LogP contribution is 2.48. The van der Waals surface area contributed by atoms with Gasteiger partial charge in [-0.05, 0) is 43.0 Å². The topological polar surface area (TPSA) is 178 Å². The van der Waals surface area contributed by atoms with Crippen molar-refractivity contribution in [2.24, 2.45) is 11.7 Å². The molecule has 0 saturated carbocycles. The molecule has 0 radical (unpaired) electrons. The summed E-state index contributed by atoms with van der Waals surface area (Å²) in [6, 6.07) is 4.43. The molecule has 44 heavy (non-hydrogen) atoms. The van der Waals surface area contributed by atoms with Crippen LogP contribution in [0.1, 0.15) is 64.2 Å². The highest BCUT2D eigenvalue weighted by atomic mass is 16.5. The summed E-state index contributed by atoms with van der Waals surface area (Å²) in [5.74, 6) is -0.482. The van der Waals surface area contributed by atoms with Gasteiger partial charge in [0, 0.05) is 29.1 Å². The lowest BCUT2D eigenvalue weighted by Crippen LogP contribution is -2.45. The number of fused-ring (bicyclic) bond motifs is 4. The minimum Gasteiger partial charge on any atom is -0.493 e. The molecule has 13 nitrogen and oxygen atoms in total. The first-order valence-corrected chi connectivity index (χ1v) is 14.3. The summed E-state index contributed by atoms with van der Waals surface area (Å²) in [6.07, 6.45) is 2.01. The molecule has 5 rings (SSSR count). The van der Waals surface area contributed by atoms with Gasteiger partial charge >= 0.3 is 5.97 Å². The average molecular weight is 608 g/mol. The van der Waals surface area contributed by atoms with Gasteiger partial charge in [0.1, 0.15) is 18.0 Å². The van der Waals surface area contributed by atoms with Crippen LogP contribution in [0.4, 0.5) is 0 Å². The van der Waals surface area contributed by atoms with E-state index in [0.29, 0.717) is 58.1 Å². The third kappa shape index (κ3) is 5.06. The van der Waals surface area contributed by atoms with E-state index in [0.717, 1.165) is 0 Å². The fourth-order valence-electron chi connectivity index (χ4n) is 5.80. The Hall–Kier alpha value is -4.78. The molecule has 234 valence electrons.